The van der Waals surface area contributed by atoms with Crippen LogP contribution in [0.2, 0.25) is 0 Å². The van der Waals surface area contributed by atoms with Crippen LogP contribution in [-0.2, 0) is 10.0 Å². The summed E-state index contributed by atoms with van der Waals surface area (Å²) in [6.07, 6.45) is -0.579. The maximum atomic E-state index is 13.7. The predicted octanol–water partition coefficient (Wildman–Crippen LogP) is 3.74. The highest BCUT2D eigenvalue weighted by Crippen LogP contribution is 2.35. The minimum Gasteiger partial charge on any atom is -0.487 e. The van der Waals surface area contributed by atoms with Gasteiger partial charge in [-0.25, -0.2) is 17.6 Å². The van der Waals surface area contributed by atoms with E-state index in [0.29, 0.717) is 17.2 Å². The number of halogens is 1. The molecule has 0 unspecified atom stereocenters. The summed E-state index contributed by atoms with van der Waals surface area (Å²) in [4.78, 5) is 29.6. The van der Waals surface area contributed by atoms with Gasteiger partial charge in [0.05, 0.1) is 29.7 Å². The SMILES string of the molecule is C[C@H](CO)N1C[C@H](C)[C@@H](CN(C)C(=O)Nc2ccc3c(c2)OCO3)Oc2ccc(NS(=O)(=O)c3ccc(F)cc3)cc2C1=O. The standard InChI is InChI=1S/C30H33FN4O8S/c1-18-14-35(19(2)16-36)29(37)24-12-22(33-44(39,40)23-8-4-20(31)5-9-23)7-10-25(24)43-28(18)15-34(3)30(38)32-21-6-11-26-27(13-21)42-17-41-26/h4-13,18-19,28,33,36H,14-17H2,1-3H3,(H,32,38)/t18-,19+,28+/m0/s1. The second-order valence-corrected chi connectivity index (χ2v) is 12.5. The van der Waals surface area contributed by atoms with Crippen LogP contribution in [0.4, 0.5) is 20.6 Å². The number of nitrogens with one attached hydrogen (secondary N) is 2. The van der Waals surface area contributed by atoms with E-state index in [1.54, 1.807) is 32.2 Å². The van der Waals surface area contributed by atoms with E-state index < -0.39 is 39.9 Å². The van der Waals surface area contributed by atoms with E-state index >= 15 is 0 Å². The lowest BCUT2D eigenvalue weighted by Crippen LogP contribution is -2.50. The van der Waals surface area contributed by atoms with E-state index in [-0.39, 0.29) is 54.3 Å². The van der Waals surface area contributed by atoms with Crippen LogP contribution in [0.15, 0.2) is 65.6 Å². The zero-order valence-corrected chi connectivity index (χ0v) is 25.1. The summed E-state index contributed by atoms with van der Waals surface area (Å²) < 4.78 is 58.6. The molecule has 2 aliphatic rings. The van der Waals surface area contributed by atoms with E-state index in [9.17, 15) is 27.5 Å². The number of hydrogen-bond acceptors (Lipinski definition) is 8. The molecular formula is C30H33FN4O8S. The molecule has 3 atom stereocenters. The van der Waals surface area contributed by atoms with Crippen LogP contribution < -0.4 is 24.2 Å². The molecule has 3 aromatic carbocycles. The van der Waals surface area contributed by atoms with Crippen molar-refractivity contribution >= 4 is 33.3 Å². The van der Waals surface area contributed by atoms with Gasteiger partial charge in [-0.1, -0.05) is 6.92 Å². The molecule has 5 rings (SSSR count). The van der Waals surface area contributed by atoms with Gasteiger partial charge in [0.25, 0.3) is 15.9 Å². The van der Waals surface area contributed by atoms with Gasteiger partial charge >= 0.3 is 6.03 Å². The molecule has 0 saturated carbocycles. The molecule has 0 aliphatic carbocycles. The Balaban J connectivity index is 1.38. The summed E-state index contributed by atoms with van der Waals surface area (Å²) in [7, 11) is -2.47. The topological polar surface area (TPSA) is 147 Å². The van der Waals surface area contributed by atoms with Gasteiger partial charge in [0.15, 0.2) is 11.5 Å². The number of benzene rings is 3. The molecule has 44 heavy (non-hydrogen) atoms. The first-order chi connectivity index (χ1) is 20.9. The van der Waals surface area contributed by atoms with Crippen LogP contribution in [0.25, 0.3) is 0 Å². The summed E-state index contributed by atoms with van der Waals surface area (Å²) in [5.74, 6) is 0.0133. The molecule has 0 spiro atoms. The molecule has 0 aromatic heterocycles. The minimum absolute atomic E-state index is 0.0778. The number of likely N-dealkylation sites (N-methyl/N-ethyl adjacent to an activating group) is 1. The van der Waals surface area contributed by atoms with Crippen molar-refractivity contribution in [3.05, 3.63) is 72.0 Å². The minimum atomic E-state index is -4.09. The summed E-state index contributed by atoms with van der Waals surface area (Å²) in [6, 6.07) is 12.8. The summed E-state index contributed by atoms with van der Waals surface area (Å²) >= 11 is 0. The summed E-state index contributed by atoms with van der Waals surface area (Å²) in [5, 5.41) is 12.7. The average molecular weight is 629 g/mol. The van der Waals surface area contributed by atoms with Crippen LogP contribution in [0.1, 0.15) is 24.2 Å². The van der Waals surface area contributed by atoms with Gasteiger partial charge in [0.2, 0.25) is 6.79 Å². The molecule has 3 aromatic rings. The average Bonchev–Trinajstić information content (AvgIpc) is 3.47. The number of rotatable bonds is 8. The molecule has 14 heteroatoms. The van der Waals surface area contributed by atoms with Gasteiger partial charge in [-0.05, 0) is 61.5 Å². The fraction of sp³-hybridized carbons (Fsp3) is 0.333. The second-order valence-electron chi connectivity index (χ2n) is 10.8. The maximum Gasteiger partial charge on any atom is 0.321 e. The number of anilines is 2. The van der Waals surface area contributed by atoms with Gasteiger partial charge in [0.1, 0.15) is 17.7 Å². The number of amides is 3. The smallest absolute Gasteiger partial charge is 0.321 e. The first-order valence-corrected chi connectivity index (χ1v) is 15.4. The number of carbonyl (C=O) groups excluding carboxylic acids is 2. The fourth-order valence-electron chi connectivity index (χ4n) is 4.88. The van der Waals surface area contributed by atoms with E-state index in [1.165, 1.54) is 28.0 Å². The number of nitrogens with zero attached hydrogens (tertiary/aromatic N) is 2. The predicted molar refractivity (Wildman–Crippen MR) is 159 cm³/mol. The highest BCUT2D eigenvalue weighted by atomic mass is 32.2. The van der Waals surface area contributed by atoms with E-state index in [0.717, 1.165) is 24.3 Å². The van der Waals surface area contributed by atoms with Crippen molar-refractivity contribution in [2.75, 3.05) is 43.6 Å². The van der Waals surface area contributed by atoms with Crippen molar-refractivity contribution in [1.29, 1.82) is 0 Å². The zero-order valence-electron chi connectivity index (χ0n) is 24.3. The lowest BCUT2D eigenvalue weighted by Gasteiger charge is -2.38. The van der Waals surface area contributed by atoms with E-state index in [1.807, 2.05) is 6.92 Å². The third kappa shape index (κ3) is 6.65. The first kappa shape index (κ1) is 30.9. The number of aliphatic hydroxyl groups is 1. The Morgan fingerprint density at radius 3 is 2.48 bits per heavy atom. The third-order valence-corrected chi connectivity index (χ3v) is 8.86. The molecule has 0 fully saturated rings. The molecular weight excluding hydrogens is 595 g/mol. The van der Waals surface area contributed by atoms with Gasteiger partial charge in [-0.2, -0.15) is 0 Å². The van der Waals surface area contributed by atoms with Gasteiger partial charge in [-0.3, -0.25) is 9.52 Å². The molecule has 234 valence electrons. The normalized spacial score (nSPS) is 18.4. The number of fused-ring (bicyclic) bond motifs is 2. The number of hydrogen-bond donors (Lipinski definition) is 3. The van der Waals surface area contributed by atoms with Crippen molar-refractivity contribution in [2.24, 2.45) is 5.92 Å². The second kappa shape index (κ2) is 12.6. The van der Waals surface area contributed by atoms with Crippen molar-refractivity contribution in [2.45, 2.75) is 30.9 Å². The molecule has 2 aliphatic heterocycles. The Hall–Kier alpha value is -4.56. The molecule has 0 bridgehead atoms. The Bertz CT molecular complexity index is 1650. The largest absolute Gasteiger partial charge is 0.487 e. The quantitative estimate of drug-likeness (QED) is 0.342. The van der Waals surface area contributed by atoms with Crippen LogP contribution in [0.3, 0.4) is 0 Å². The van der Waals surface area contributed by atoms with Gasteiger partial charge < -0.3 is 34.4 Å². The Kier molecular flexibility index (Phi) is 8.83. The fourth-order valence-corrected chi connectivity index (χ4v) is 5.93. The Morgan fingerprint density at radius 2 is 1.75 bits per heavy atom. The van der Waals surface area contributed by atoms with Crippen molar-refractivity contribution < 1.29 is 41.7 Å². The Morgan fingerprint density at radius 1 is 1.07 bits per heavy atom. The van der Waals surface area contributed by atoms with Crippen molar-refractivity contribution in [3.8, 4) is 17.2 Å². The third-order valence-electron chi connectivity index (χ3n) is 7.47. The van der Waals surface area contributed by atoms with Crippen LogP contribution >= 0.6 is 0 Å². The number of aliphatic hydroxyl groups excluding tert-OH is 1. The summed E-state index contributed by atoms with van der Waals surface area (Å²) in [5.41, 5.74) is 0.688. The van der Waals surface area contributed by atoms with Crippen molar-refractivity contribution in [1.82, 2.24) is 9.80 Å². The first-order valence-electron chi connectivity index (χ1n) is 13.9. The number of carbonyl (C=O) groups is 2. The van der Waals surface area contributed by atoms with E-state index in [4.69, 9.17) is 14.2 Å². The lowest BCUT2D eigenvalue weighted by molar-refractivity contribution is 0.0371. The van der Waals surface area contributed by atoms with Crippen LogP contribution in [0, 0.1) is 11.7 Å². The summed E-state index contributed by atoms with van der Waals surface area (Å²) in [6.45, 7) is 3.75. The zero-order chi connectivity index (χ0) is 31.6. The molecule has 3 amide bonds. The number of sulfonamides is 1. The monoisotopic (exact) mass is 628 g/mol. The highest BCUT2D eigenvalue weighted by molar-refractivity contribution is 7.92. The van der Waals surface area contributed by atoms with Crippen LogP contribution in [-0.4, -0.2) is 80.9 Å². The molecule has 0 radical (unpaired) electrons. The molecule has 0 saturated heterocycles. The van der Waals surface area contributed by atoms with E-state index in [2.05, 4.69) is 10.0 Å². The highest BCUT2D eigenvalue weighted by Gasteiger charge is 2.34. The number of ether oxygens (including phenoxy) is 3. The van der Waals surface area contributed by atoms with Crippen molar-refractivity contribution in [3.63, 3.8) is 0 Å². The number of urea groups is 1. The van der Waals surface area contributed by atoms with Gasteiger partial charge in [-0.15, -0.1) is 0 Å². The molecule has 12 nitrogen and oxygen atoms in total. The Labute approximate surface area is 254 Å². The van der Waals surface area contributed by atoms with Gasteiger partial charge in [0, 0.05) is 37.0 Å². The molecule has 3 N–H and O–H groups in total. The maximum absolute atomic E-state index is 13.7. The molecule has 2 heterocycles. The lowest BCUT2D eigenvalue weighted by atomic mass is 9.99. The van der Waals surface area contributed by atoms with Crippen LogP contribution in [0.5, 0.6) is 17.2 Å².